The van der Waals surface area contributed by atoms with Crippen molar-refractivity contribution in [1.82, 2.24) is 4.98 Å². The molecule has 1 saturated heterocycles. The quantitative estimate of drug-likeness (QED) is 0.900. The van der Waals surface area contributed by atoms with Crippen LogP contribution in [0.3, 0.4) is 0 Å². The Labute approximate surface area is 108 Å². The number of thiazole rings is 1. The lowest BCUT2D eigenvalue weighted by molar-refractivity contribution is 0.459. The Kier molecular flexibility index (Phi) is 4.40. The van der Waals surface area contributed by atoms with Crippen LogP contribution in [0.2, 0.25) is 0 Å². The van der Waals surface area contributed by atoms with Crippen molar-refractivity contribution in [1.29, 1.82) is 0 Å². The van der Waals surface area contributed by atoms with Crippen LogP contribution < -0.4 is 10.6 Å². The summed E-state index contributed by atoms with van der Waals surface area (Å²) in [6, 6.07) is 0. The van der Waals surface area contributed by atoms with Gasteiger partial charge in [0.05, 0.1) is 5.69 Å². The van der Waals surface area contributed by atoms with Gasteiger partial charge in [-0.3, -0.25) is 0 Å². The molecule has 0 aromatic carbocycles. The summed E-state index contributed by atoms with van der Waals surface area (Å²) in [5, 5.41) is 1.18. The maximum atomic E-state index is 5.72. The van der Waals surface area contributed by atoms with E-state index in [1.165, 1.54) is 35.7 Å². The van der Waals surface area contributed by atoms with Crippen LogP contribution in [-0.2, 0) is 6.54 Å². The molecule has 0 saturated carbocycles. The summed E-state index contributed by atoms with van der Waals surface area (Å²) in [6.07, 6.45) is 5.31. The second-order valence-electron chi connectivity index (χ2n) is 4.90. The Bertz CT molecular complexity index is 362. The lowest BCUT2D eigenvalue weighted by Crippen LogP contribution is -2.23. The molecule has 1 aromatic rings. The average molecular weight is 253 g/mol. The summed E-state index contributed by atoms with van der Waals surface area (Å²) >= 11 is 1.77. The third-order valence-corrected chi connectivity index (χ3v) is 5.00. The first-order chi connectivity index (χ1) is 8.24. The van der Waals surface area contributed by atoms with Gasteiger partial charge in [-0.15, -0.1) is 11.3 Å². The maximum Gasteiger partial charge on any atom is 0.185 e. The molecule has 0 bridgehead atoms. The lowest BCUT2D eigenvalue weighted by atomic mass is 9.98. The summed E-state index contributed by atoms with van der Waals surface area (Å²) in [5.74, 6) is 0.912. The van der Waals surface area contributed by atoms with Crippen LogP contribution in [0.4, 0.5) is 5.13 Å². The SMILES string of the molecule is CCC1CCCN(c2nc(C)c(CN)s2)CC1. The second kappa shape index (κ2) is 5.83. The van der Waals surface area contributed by atoms with Crippen LogP contribution in [0.1, 0.15) is 43.2 Å². The van der Waals surface area contributed by atoms with Crippen molar-refractivity contribution in [3.05, 3.63) is 10.6 Å². The summed E-state index contributed by atoms with van der Waals surface area (Å²) in [7, 11) is 0. The zero-order valence-electron chi connectivity index (χ0n) is 10.9. The van der Waals surface area contributed by atoms with Crippen molar-refractivity contribution in [3.8, 4) is 0 Å². The number of nitrogens with zero attached hydrogens (tertiary/aromatic N) is 2. The first kappa shape index (κ1) is 12.8. The van der Waals surface area contributed by atoms with Gasteiger partial charge in [0.25, 0.3) is 0 Å². The number of hydrogen-bond donors (Lipinski definition) is 1. The molecule has 4 heteroatoms. The van der Waals surface area contributed by atoms with Crippen LogP contribution in [0.25, 0.3) is 0 Å². The highest BCUT2D eigenvalue weighted by atomic mass is 32.1. The lowest BCUT2D eigenvalue weighted by Gasteiger charge is -2.19. The minimum atomic E-state index is 0.620. The number of aryl methyl sites for hydroxylation is 1. The van der Waals surface area contributed by atoms with Crippen molar-refractivity contribution in [3.63, 3.8) is 0 Å². The van der Waals surface area contributed by atoms with Gasteiger partial charge in [0, 0.05) is 24.5 Å². The van der Waals surface area contributed by atoms with E-state index in [0.29, 0.717) is 6.54 Å². The summed E-state index contributed by atoms with van der Waals surface area (Å²) in [5.41, 5.74) is 6.83. The van der Waals surface area contributed by atoms with E-state index in [0.717, 1.165) is 24.7 Å². The third-order valence-electron chi connectivity index (χ3n) is 3.76. The zero-order valence-corrected chi connectivity index (χ0v) is 11.7. The van der Waals surface area contributed by atoms with Gasteiger partial charge < -0.3 is 10.6 Å². The summed E-state index contributed by atoms with van der Waals surface area (Å²) < 4.78 is 0. The van der Waals surface area contributed by atoms with Gasteiger partial charge in [0.15, 0.2) is 5.13 Å². The Balaban J connectivity index is 2.06. The fourth-order valence-electron chi connectivity index (χ4n) is 2.50. The molecule has 2 heterocycles. The highest BCUT2D eigenvalue weighted by Gasteiger charge is 2.18. The monoisotopic (exact) mass is 253 g/mol. The predicted octanol–water partition coefficient (Wildman–Crippen LogP) is 2.93. The van der Waals surface area contributed by atoms with Crippen LogP contribution >= 0.6 is 11.3 Å². The van der Waals surface area contributed by atoms with Crippen LogP contribution in [0.5, 0.6) is 0 Å². The van der Waals surface area contributed by atoms with E-state index >= 15 is 0 Å². The fourth-order valence-corrected chi connectivity index (χ4v) is 3.49. The molecule has 3 nitrogen and oxygen atoms in total. The molecule has 0 radical (unpaired) electrons. The van der Waals surface area contributed by atoms with Crippen molar-refractivity contribution in [2.45, 2.75) is 46.1 Å². The molecule has 1 aliphatic heterocycles. The Morgan fingerprint density at radius 3 is 2.88 bits per heavy atom. The van der Waals surface area contributed by atoms with E-state index in [4.69, 9.17) is 5.73 Å². The molecular weight excluding hydrogens is 230 g/mol. The van der Waals surface area contributed by atoms with Crippen molar-refractivity contribution in [2.75, 3.05) is 18.0 Å². The maximum absolute atomic E-state index is 5.72. The van der Waals surface area contributed by atoms with Crippen molar-refractivity contribution in [2.24, 2.45) is 11.7 Å². The topological polar surface area (TPSA) is 42.2 Å². The van der Waals surface area contributed by atoms with Gasteiger partial charge in [0.2, 0.25) is 0 Å². The molecule has 2 N–H and O–H groups in total. The van der Waals surface area contributed by atoms with E-state index in [2.05, 4.69) is 23.7 Å². The first-order valence-electron chi connectivity index (χ1n) is 6.66. The zero-order chi connectivity index (χ0) is 12.3. The largest absolute Gasteiger partial charge is 0.348 e. The molecule has 0 aliphatic carbocycles. The molecular formula is C13H23N3S. The van der Waals surface area contributed by atoms with Gasteiger partial charge >= 0.3 is 0 Å². The standard InChI is InChI=1S/C13H23N3S/c1-3-11-5-4-7-16(8-6-11)13-15-10(2)12(9-14)17-13/h11H,3-9,14H2,1-2H3. The van der Waals surface area contributed by atoms with Crippen molar-refractivity contribution >= 4 is 16.5 Å². The Morgan fingerprint density at radius 2 is 2.24 bits per heavy atom. The van der Waals surface area contributed by atoms with E-state index in [9.17, 15) is 0 Å². The third kappa shape index (κ3) is 2.99. The molecule has 96 valence electrons. The highest BCUT2D eigenvalue weighted by molar-refractivity contribution is 7.15. The molecule has 0 amide bonds. The minimum Gasteiger partial charge on any atom is -0.348 e. The van der Waals surface area contributed by atoms with Gasteiger partial charge in [-0.1, -0.05) is 13.3 Å². The Hall–Kier alpha value is -0.610. The summed E-state index contributed by atoms with van der Waals surface area (Å²) in [4.78, 5) is 8.35. The number of hydrogen-bond acceptors (Lipinski definition) is 4. The van der Waals surface area contributed by atoms with Gasteiger partial charge in [-0.25, -0.2) is 4.98 Å². The highest BCUT2D eigenvalue weighted by Crippen LogP contribution is 2.29. The molecule has 0 spiro atoms. The second-order valence-corrected chi connectivity index (χ2v) is 5.96. The van der Waals surface area contributed by atoms with Crippen LogP contribution in [0.15, 0.2) is 0 Å². The first-order valence-corrected chi connectivity index (χ1v) is 7.47. The van der Waals surface area contributed by atoms with Gasteiger partial charge in [0.1, 0.15) is 0 Å². The molecule has 1 aromatic heterocycles. The minimum absolute atomic E-state index is 0.620. The van der Waals surface area contributed by atoms with Gasteiger partial charge in [-0.05, 0) is 32.1 Å². The average Bonchev–Trinajstić information content (AvgIpc) is 2.58. The van der Waals surface area contributed by atoms with Crippen molar-refractivity contribution < 1.29 is 0 Å². The predicted molar refractivity (Wildman–Crippen MR) is 74.6 cm³/mol. The Morgan fingerprint density at radius 1 is 1.41 bits per heavy atom. The van der Waals surface area contributed by atoms with E-state index in [-0.39, 0.29) is 0 Å². The van der Waals surface area contributed by atoms with Crippen LogP contribution in [0, 0.1) is 12.8 Å². The number of rotatable bonds is 3. The number of aromatic nitrogens is 1. The molecule has 1 unspecified atom stereocenters. The summed E-state index contributed by atoms with van der Waals surface area (Å²) in [6.45, 7) is 7.31. The molecule has 1 atom stereocenters. The molecule has 2 rings (SSSR count). The van der Waals surface area contributed by atoms with E-state index < -0.39 is 0 Å². The molecule has 1 fully saturated rings. The normalized spacial score (nSPS) is 21.6. The smallest absolute Gasteiger partial charge is 0.185 e. The number of nitrogens with two attached hydrogens (primary N) is 1. The van der Waals surface area contributed by atoms with E-state index in [1.54, 1.807) is 11.3 Å². The number of anilines is 1. The fraction of sp³-hybridized carbons (Fsp3) is 0.769. The molecule has 1 aliphatic rings. The van der Waals surface area contributed by atoms with E-state index in [1.807, 2.05) is 0 Å². The van der Waals surface area contributed by atoms with Gasteiger partial charge in [-0.2, -0.15) is 0 Å². The molecule has 17 heavy (non-hydrogen) atoms. The van der Waals surface area contributed by atoms with Crippen LogP contribution in [-0.4, -0.2) is 18.1 Å².